The molecule has 0 fully saturated rings. The number of carbonyl (C=O) groups is 2. The zero-order valence-electron chi connectivity index (χ0n) is 15.6. The maximum Gasteiger partial charge on any atom is 0.249 e. The van der Waals surface area contributed by atoms with Crippen molar-refractivity contribution in [1.29, 1.82) is 0 Å². The van der Waals surface area contributed by atoms with Crippen molar-refractivity contribution in [3.63, 3.8) is 0 Å². The quantitative estimate of drug-likeness (QED) is 0.656. The van der Waals surface area contributed by atoms with E-state index in [0.717, 1.165) is 21.7 Å². The fraction of sp³-hybridized carbons (Fsp3) is 0.190. The van der Waals surface area contributed by atoms with E-state index >= 15 is 0 Å². The molecule has 142 valence electrons. The maximum absolute atomic E-state index is 13.0. The molecule has 1 aliphatic rings. The van der Waals surface area contributed by atoms with Crippen molar-refractivity contribution < 1.29 is 9.59 Å². The Labute approximate surface area is 167 Å². The van der Waals surface area contributed by atoms with Crippen LogP contribution in [-0.2, 0) is 9.59 Å². The van der Waals surface area contributed by atoms with Gasteiger partial charge in [-0.3, -0.25) is 9.59 Å². The predicted molar refractivity (Wildman–Crippen MR) is 112 cm³/mol. The number of fused-ring (bicyclic) bond motifs is 1. The Balaban J connectivity index is 1.68. The highest BCUT2D eigenvalue weighted by molar-refractivity contribution is 7.98. The molecule has 0 unspecified atom stereocenters. The minimum absolute atomic E-state index is 0.0520. The summed E-state index contributed by atoms with van der Waals surface area (Å²) in [5, 5.41) is 10.5. The van der Waals surface area contributed by atoms with Crippen LogP contribution in [0.5, 0.6) is 0 Å². The van der Waals surface area contributed by atoms with Crippen LogP contribution in [0.15, 0.2) is 59.5 Å². The third-order valence-electron chi connectivity index (χ3n) is 4.77. The van der Waals surface area contributed by atoms with Gasteiger partial charge < -0.3 is 10.6 Å². The molecule has 0 bridgehead atoms. The first-order valence-electron chi connectivity index (χ1n) is 8.96. The van der Waals surface area contributed by atoms with Gasteiger partial charge in [0.15, 0.2) is 0 Å². The van der Waals surface area contributed by atoms with Crippen molar-refractivity contribution in [2.45, 2.75) is 24.3 Å². The van der Waals surface area contributed by atoms with E-state index in [1.807, 2.05) is 67.8 Å². The number of nitrogens with zero attached hydrogens (tertiary/aromatic N) is 2. The molecule has 1 aliphatic heterocycles. The summed E-state index contributed by atoms with van der Waals surface area (Å²) in [6.07, 6.45) is 2.03. The number of anilines is 2. The second-order valence-corrected chi connectivity index (χ2v) is 7.50. The third-order valence-corrected chi connectivity index (χ3v) is 5.49. The second kappa shape index (κ2) is 7.52. The van der Waals surface area contributed by atoms with E-state index in [1.54, 1.807) is 16.4 Å². The molecule has 28 heavy (non-hydrogen) atoms. The number of carbonyl (C=O) groups excluding carboxylic acids is 2. The van der Waals surface area contributed by atoms with E-state index in [-0.39, 0.29) is 18.2 Å². The van der Waals surface area contributed by atoms with Crippen LogP contribution in [0.25, 0.3) is 11.3 Å². The van der Waals surface area contributed by atoms with Crippen molar-refractivity contribution in [2.24, 2.45) is 0 Å². The molecule has 1 atom stereocenters. The molecule has 1 aromatic heterocycles. The second-order valence-electron chi connectivity index (χ2n) is 6.62. The van der Waals surface area contributed by atoms with Gasteiger partial charge in [-0.1, -0.05) is 36.4 Å². The van der Waals surface area contributed by atoms with Gasteiger partial charge in [0.25, 0.3) is 0 Å². The third kappa shape index (κ3) is 3.41. The molecule has 2 amide bonds. The van der Waals surface area contributed by atoms with Crippen molar-refractivity contribution in [2.75, 3.05) is 16.9 Å². The summed E-state index contributed by atoms with van der Waals surface area (Å²) in [6.45, 7) is 1.91. The van der Waals surface area contributed by atoms with Gasteiger partial charge in [0.1, 0.15) is 11.9 Å². The van der Waals surface area contributed by atoms with Gasteiger partial charge in [0.2, 0.25) is 11.8 Å². The summed E-state index contributed by atoms with van der Waals surface area (Å²) in [6, 6.07) is 16.7. The fourth-order valence-electron chi connectivity index (χ4n) is 3.34. The van der Waals surface area contributed by atoms with Crippen LogP contribution >= 0.6 is 11.8 Å². The summed E-state index contributed by atoms with van der Waals surface area (Å²) in [5.41, 5.74) is 3.26. The predicted octanol–water partition coefficient (Wildman–Crippen LogP) is 4.10. The number of hydrogen-bond acceptors (Lipinski definition) is 4. The Kier molecular flexibility index (Phi) is 4.92. The van der Waals surface area contributed by atoms with Gasteiger partial charge in [-0.05, 0) is 31.4 Å². The molecule has 6 nitrogen and oxygen atoms in total. The van der Waals surface area contributed by atoms with Gasteiger partial charge in [-0.2, -0.15) is 5.10 Å². The van der Waals surface area contributed by atoms with Crippen molar-refractivity contribution in [1.82, 2.24) is 9.78 Å². The first-order valence-corrected chi connectivity index (χ1v) is 10.2. The summed E-state index contributed by atoms with van der Waals surface area (Å²) in [7, 11) is 0. The van der Waals surface area contributed by atoms with Gasteiger partial charge >= 0.3 is 0 Å². The lowest BCUT2D eigenvalue weighted by molar-refractivity contribution is -0.125. The van der Waals surface area contributed by atoms with Crippen LogP contribution < -0.4 is 10.6 Å². The van der Waals surface area contributed by atoms with Crippen molar-refractivity contribution in [3.05, 3.63) is 60.2 Å². The highest BCUT2D eigenvalue weighted by Crippen LogP contribution is 2.34. The fourth-order valence-corrected chi connectivity index (χ4v) is 3.80. The lowest BCUT2D eigenvalue weighted by Gasteiger charge is -2.24. The van der Waals surface area contributed by atoms with Gasteiger partial charge in [0, 0.05) is 21.7 Å². The van der Waals surface area contributed by atoms with Crippen molar-refractivity contribution >= 4 is 35.1 Å². The largest absolute Gasteiger partial charge is 0.324 e. The molecule has 0 radical (unpaired) electrons. The number of nitrogens with one attached hydrogen (secondary N) is 2. The molecule has 2 heterocycles. The number of amides is 2. The number of aromatic nitrogens is 2. The minimum Gasteiger partial charge on any atom is -0.324 e. The van der Waals surface area contributed by atoms with E-state index in [1.165, 1.54) is 0 Å². The Morgan fingerprint density at radius 3 is 2.75 bits per heavy atom. The van der Waals surface area contributed by atoms with E-state index in [4.69, 9.17) is 0 Å². The highest BCUT2D eigenvalue weighted by atomic mass is 32.2. The molecular weight excluding hydrogens is 372 g/mol. The Morgan fingerprint density at radius 2 is 2.00 bits per heavy atom. The van der Waals surface area contributed by atoms with Gasteiger partial charge in [-0.25, -0.2) is 4.68 Å². The van der Waals surface area contributed by atoms with Crippen molar-refractivity contribution in [3.8, 4) is 11.3 Å². The van der Waals surface area contributed by atoms with Gasteiger partial charge in [0.05, 0.1) is 12.1 Å². The zero-order valence-corrected chi connectivity index (χ0v) is 16.4. The Bertz CT molecular complexity index is 1050. The van der Waals surface area contributed by atoms with Crippen LogP contribution in [0.4, 0.5) is 11.5 Å². The van der Waals surface area contributed by atoms with Crippen LogP contribution in [0, 0.1) is 6.92 Å². The molecule has 3 aromatic rings. The van der Waals surface area contributed by atoms with E-state index < -0.39 is 6.04 Å². The smallest absolute Gasteiger partial charge is 0.249 e. The lowest BCUT2D eigenvalue weighted by Crippen LogP contribution is -2.35. The number of rotatable bonds is 4. The molecule has 2 aromatic carbocycles. The SMILES string of the molecule is CSc1cccc(NC(=O)[C@@H]2CC(=O)Nc3c(C)c(-c4ccccc4)nn32)c1. The van der Waals surface area contributed by atoms with E-state index in [2.05, 4.69) is 15.7 Å². The number of thioether (sulfide) groups is 1. The average Bonchev–Trinajstić information content (AvgIpc) is 3.04. The number of benzene rings is 2. The maximum atomic E-state index is 13.0. The molecule has 2 N–H and O–H groups in total. The van der Waals surface area contributed by atoms with Crippen LogP contribution in [0.2, 0.25) is 0 Å². The van der Waals surface area contributed by atoms with Crippen LogP contribution in [0.1, 0.15) is 18.0 Å². The Morgan fingerprint density at radius 1 is 1.21 bits per heavy atom. The highest BCUT2D eigenvalue weighted by Gasteiger charge is 2.34. The summed E-state index contributed by atoms with van der Waals surface area (Å²) >= 11 is 1.60. The first-order chi connectivity index (χ1) is 13.6. The standard InChI is InChI=1S/C21H20N4O2S/c1-13-19(14-7-4-3-5-8-14)24-25-17(12-18(26)23-20(13)25)21(27)22-15-9-6-10-16(11-15)28-2/h3-11,17H,12H2,1-2H3,(H,22,27)(H,23,26)/t17-/m0/s1. The molecule has 0 saturated carbocycles. The molecule has 0 saturated heterocycles. The summed E-state index contributed by atoms with van der Waals surface area (Å²) in [4.78, 5) is 26.3. The molecule has 7 heteroatoms. The van der Waals surface area contributed by atoms with Gasteiger partial charge in [-0.15, -0.1) is 11.8 Å². The molecule has 0 spiro atoms. The molecule has 0 aliphatic carbocycles. The van der Waals surface area contributed by atoms with Crippen LogP contribution in [0.3, 0.4) is 0 Å². The molecule has 4 rings (SSSR count). The summed E-state index contributed by atoms with van der Waals surface area (Å²) < 4.78 is 1.63. The minimum atomic E-state index is -0.696. The normalized spacial score (nSPS) is 15.6. The zero-order chi connectivity index (χ0) is 19.7. The lowest BCUT2D eigenvalue weighted by atomic mass is 10.1. The first kappa shape index (κ1) is 18.3. The summed E-state index contributed by atoms with van der Waals surface area (Å²) in [5.74, 6) is 0.137. The molecular formula is C21H20N4O2S. The topological polar surface area (TPSA) is 76.0 Å². The van der Waals surface area contributed by atoms with E-state index in [9.17, 15) is 9.59 Å². The van der Waals surface area contributed by atoms with E-state index in [0.29, 0.717) is 11.5 Å². The van der Waals surface area contributed by atoms with Crippen LogP contribution in [-0.4, -0.2) is 27.9 Å². The number of hydrogen-bond donors (Lipinski definition) is 2. The monoisotopic (exact) mass is 392 g/mol. The average molecular weight is 392 g/mol. The Hall–Kier alpha value is -3.06.